The second-order valence-corrected chi connectivity index (χ2v) is 7.64. The highest BCUT2D eigenvalue weighted by molar-refractivity contribution is 5.66. The minimum absolute atomic E-state index is 0.193. The van der Waals surface area contributed by atoms with E-state index in [0.29, 0.717) is 12.3 Å². The van der Waals surface area contributed by atoms with E-state index < -0.39 is 11.6 Å². The Hall–Kier alpha value is -1.13. The van der Waals surface area contributed by atoms with E-state index in [0.717, 1.165) is 51.4 Å². The van der Waals surface area contributed by atoms with Crippen molar-refractivity contribution in [1.29, 1.82) is 0 Å². The van der Waals surface area contributed by atoms with Gasteiger partial charge in [-0.2, -0.15) is 0 Å². The molecule has 0 aliphatic heterocycles. The van der Waals surface area contributed by atoms with Crippen molar-refractivity contribution in [3.63, 3.8) is 0 Å². The molecule has 0 heterocycles. The van der Waals surface area contributed by atoms with E-state index in [2.05, 4.69) is 19.1 Å². The van der Waals surface area contributed by atoms with E-state index in [1.165, 1.54) is 0 Å². The number of carbonyl (C=O) groups is 1. The lowest BCUT2D eigenvalue weighted by atomic mass is 9.88. The van der Waals surface area contributed by atoms with Crippen LogP contribution in [0.25, 0.3) is 0 Å². The molecular weight excluding hydrogens is 316 g/mol. The Labute approximate surface area is 152 Å². The molecule has 0 radical (unpaired) electrons. The zero-order valence-corrected chi connectivity index (χ0v) is 15.9. The normalized spacial score (nSPS) is 26.5. The van der Waals surface area contributed by atoms with Gasteiger partial charge in [-0.15, -0.1) is 0 Å². The summed E-state index contributed by atoms with van der Waals surface area (Å²) in [6, 6.07) is 0. The smallest absolute Gasteiger partial charge is 0.303 e. The Morgan fingerprint density at radius 2 is 1.96 bits per heavy atom. The second kappa shape index (κ2) is 11.5. The molecule has 4 nitrogen and oxygen atoms in total. The molecule has 4 heteroatoms. The molecule has 0 amide bonds. The number of allylic oxidation sites excluding steroid dienone is 3. The van der Waals surface area contributed by atoms with E-state index in [9.17, 15) is 15.0 Å². The number of unbranched alkanes of at least 4 members (excludes halogenated alkanes) is 3. The molecule has 1 aliphatic rings. The maximum atomic E-state index is 10.5. The van der Waals surface area contributed by atoms with Gasteiger partial charge < -0.3 is 15.3 Å². The van der Waals surface area contributed by atoms with Crippen LogP contribution in [0.5, 0.6) is 0 Å². The molecule has 0 spiro atoms. The molecule has 3 N–H and O–H groups in total. The predicted octanol–water partition coefficient (Wildman–Crippen LogP) is 4.46. The summed E-state index contributed by atoms with van der Waals surface area (Å²) in [6.45, 7) is 4.02. The molecule has 1 rings (SSSR count). The lowest BCUT2D eigenvalue weighted by Gasteiger charge is -2.22. The van der Waals surface area contributed by atoms with E-state index in [1.807, 2.05) is 19.1 Å². The van der Waals surface area contributed by atoms with E-state index >= 15 is 0 Å². The summed E-state index contributed by atoms with van der Waals surface area (Å²) < 4.78 is 0. The lowest BCUT2D eigenvalue weighted by molar-refractivity contribution is -0.137. The number of aliphatic carboxylic acids is 1. The highest BCUT2D eigenvalue weighted by atomic mass is 16.4. The van der Waals surface area contributed by atoms with E-state index in [1.54, 1.807) is 0 Å². The molecule has 0 bridgehead atoms. The third-order valence-corrected chi connectivity index (χ3v) is 5.17. The molecule has 144 valence electrons. The van der Waals surface area contributed by atoms with Crippen molar-refractivity contribution in [2.45, 2.75) is 89.8 Å². The van der Waals surface area contributed by atoms with Crippen molar-refractivity contribution in [2.24, 2.45) is 11.8 Å². The van der Waals surface area contributed by atoms with Crippen molar-refractivity contribution in [3.8, 4) is 0 Å². The van der Waals surface area contributed by atoms with Gasteiger partial charge in [-0.1, -0.05) is 50.5 Å². The summed E-state index contributed by atoms with van der Waals surface area (Å²) in [5.74, 6) is -0.259. The minimum Gasteiger partial charge on any atom is -0.481 e. The van der Waals surface area contributed by atoms with Gasteiger partial charge in [0.1, 0.15) is 0 Å². The molecule has 1 saturated carbocycles. The first-order chi connectivity index (χ1) is 11.9. The van der Waals surface area contributed by atoms with Crippen LogP contribution in [0.15, 0.2) is 24.3 Å². The summed E-state index contributed by atoms with van der Waals surface area (Å²) in [4.78, 5) is 10.5. The molecule has 1 aliphatic carbocycles. The topological polar surface area (TPSA) is 77.8 Å². The maximum Gasteiger partial charge on any atom is 0.303 e. The van der Waals surface area contributed by atoms with Crippen LogP contribution in [-0.2, 0) is 4.79 Å². The number of hydrogen-bond acceptors (Lipinski definition) is 3. The number of hydrogen-bond donors (Lipinski definition) is 3. The number of aliphatic hydroxyl groups is 2. The summed E-state index contributed by atoms with van der Waals surface area (Å²) in [6.07, 6.45) is 16.1. The molecule has 0 aromatic rings. The fourth-order valence-corrected chi connectivity index (χ4v) is 3.54. The van der Waals surface area contributed by atoms with Gasteiger partial charge >= 0.3 is 5.97 Å². The Morgan fingerprint density at radius 1 is 1.20 bits per heavy atom. The number of carboxylic acids is 1. The zero-order valence-electron chi connectivity index (χ0n) is 15.9. The third-order valence-electron chi connectivity index (χ3n) is 5.17. The molecule has 0 unspecified atom stereocenters. The van der Waals surface area contributed by atoms with Crippen LogP contribution in [0.1, 0.15) is 78.1 Å². The molecule has 25 heavy (non-hydrogen) atoms. The highest BCUT2D eigenvalue weighted by Gasteiger charge is 2.32. The predicted molar refractivity (Wildman–Crippen MR) is 101 cm³/mol. The average molecular weight is 353 g/mol. The van der Waals surface area contributed by atoms with Crippen molar-refractivity contribution in [3.05, 3.63) is 24.3 Å². The van der Waals surface area contributed by atoms with Gasteiger partial charge in [-0.25, -0.2) is 0 Å². The molecule has 4 atom stereocenters. The molecule has 0 aromatic heterocycles. The molecule has 0 saturated heterocycles. The van der Waals surface area contributed by atoms with Crippen LogP contribution in [0.4, 0.5) is 0 Å². The van der Waals surface area contributed by atoms with Crippen molar-refractivity contribution in [1.82, 2.24) is 0 Å². The fraction of sp³-hybridized carbons (Fsp3) is 0.762. The van der Waals surface area contributed by atoms with E-state index in [-0.39, 0.29) is 18.4 Å². The highest BCUT2D eigenvalue weighted by Crippen LogP contribution is 2.36. The zero-order chi connectivity index (χ0) is 18.7. The van der Waals surface area contributed by atoms with Crippen molar-refractivity contribution in [2.75, 3.05) is 0 Å². The number of rotatable bonds is 12. The van der Waals surface area contributed by atoms with Gasteiger partial charge in [0.15, 0.2) is 0 Å². The Morgan fingerprint density at radius 3 is 2.64 bits per heavy atom. The van der Waals surface area contributed by atoms with E-state index in [4.69, 9.17) is 5.11 Å². The molecular formula is C21H36O4. The SMILES string of the molecule is CCCCC[C@](C)(O)/C=C/[C@H]1CC[C@H](O)[C@@H]1C/C=C\CCCC(=O)O. The van der Waals surface area contributed by atoms with Crippen molar-refractivity contribution >= 4 is 5.97 Å². The Bertz CT molecular complexity index is 439. The average Bonchev–Trinajstić information content (AvgIpc) is 2.89. The second-order valence-electron chi connectivity index (χ2n) is 7.64. The van der Waals surface area contributed by atoms with Crippen molar-refractivity contribution < 1.29 is 20.1 Å². The first kappa shape index (κ1) is 21.9. The monoisotopic (exact) mass is 352 g/mol. The molecule has 0 aromatic carbocycles. The Balaban J connectivity index is 2.45. The van der Waals surface area contributed by atoms with Gasteiger partial charge in [0.05, 0.1) is 11.7 Å². The summed E-state index contributed by atoms with van der Waals surface area (Å²) in [7, 11) is 0. The van der Waals surface area contributed by atoms with Gasteiger partial charge in [-0.3, -0.25) is 4.79 Å². The van der Waals surface area contributed by atoms with Gasteiger partial charge in [0.25, 0.3) is 0 Å². The van der Waals surface area contributed by atoms with Gasteiger partial charge in [0, 0.05) is 6.42 Å². The summed E-state index contributed by atoms with van der Waals surface area (Å²) >= 11 is 0. The third kappa shape index (κ3) is 9.22. The largest absolute Gasteiger partial charge is 0.481 e. The first-order valence-electron chi connectivity index (χ1n) is 9.82. The summed E-state index contributed by atoms with van der Waals surface area (Å²) in [5, 5.41) is 29.3. The van der Waals surface area contributed by atoms with Crippen LogP contribution in [0.3, 0.4) is 0 Å². The number of carboxylic acid groups (broad SMARTS) is 1. The minimum atomic E-state index is -0.764. The van der Waals surface area contributed by atoms with Crippen LogP contribution < -0.4 is 0 Å². The van der Waals surface area contributed by atoms with Crippen LogP contribution in [0, 0.1) is 11.8 Å². The van der Waals surface area contributed by atoms with Gasteiger partial charge in [0.2, 0.25) is 0 Å². The van der Waals surface area contributed by atoms with Crippen LogP contribution >= 0.6 is 0 Å². The maximum absolute atomic E-state index is 10.5. The summed E-state index contributed by atoms with van der Waals surface area (Å²) in [5.41, 5.74) is -0.764. The molecule has 1 fully saturated rings. The number of aliphatic hydroxyl groups excluding tert-OH is 1. The quantitative estimate of drug-likeness (QED) is 0.358. The first-order valence-corrected chi connectivity index (χ1v) is 9.82. The Kier molecular flexibility index (Phi) is 10.1. The fourth-order valence-electron chi connectivity index (χ4n) is 3.54. The van der Waals surface area contributed by atoms with Gasteiger partial charge in [-0.05, 0) is 57.3 Å². The standard InChI is InChI=1S/C21H36O4/c1-3-4-9-15-21(2,25)16-14-17-12-13-19(22)18(17)10-7-5-6-8-11-20(23)24/h5,7,14,16-19,22,25H,3-4,6,8-13,15H2,1-2H3,(H,23,24)/b7-5-,16-14+/t17-,18-,19+,21+/m1/s1. The lowest BCUT2D eigenvalue weighted by Crippen LogP contribution is -2.22. The van der Waals surface area contributed by atoms with Crippen LogP contribution in [0.2, 0.25) is 0 Å². The van der Waals surface area contributed by atoms with Crippen LogP contribution in [-0.4, -0.2) is 33.0 Å².